The predicted octanol–water partition coefficient (Wildman–Crippen LogP) is 3.84. The van der Waals surface area contributed by atoms with E-state index in [0.717, 1.165) is 21.9 Å². The number of nitriles is 1. The summed E-state index contributed by atoms with van der Waals surface area (Å²) >= 11 is 0. The van der Waals surface area contributed by atoms with Crippen molar-refractivity contribution in [3.05, 3.63) is 60.2 Å². The summed E-state index contributed by atoms with van der Waals surface area (Å²) in [5.74, 6) is -2.71. The van der Waals surface area contributed by atoms with Crippen LogP contribution in [0.2, 0.25) is 0 Å². The first kappa shape index (κ1) is 32.4. The highest BCUT2D eigenvalue weighted by atomic mass is 19.1. The zero-order chi connectivity index (χ0) is 34.8. The van der Waals surface area contributed by atoms with Gasteiger partial charge in [0.1, 0.15) is 41.0 Å². The van der Waals surface area contributed by atoms with Gasteiger partial charge in [-0.25, -0.2) is 27.4 Å². The first-order valence-corrected chi connectivity index (χ1v) is 15.9. The number of amides is 3. The Bertz CT molecular complexity index is 1810. The third-order valence-corrected chi connectivity index (χ3v) is 9.59. The van der Waals surface area contributed by atoms with Crippen LogP contribution in [0.5, 0.6) is 0 Å². The number of benzene rings is 1. The molecular weight excluding hydrogens is 645 g/mol. The van der Waals surface area contributed by atoms with Crippen LogP contribution in [0.3, 0.4) is 0 Å². The molecule has 0 radical (unpaired) electrons. The van der Waals surface area contributed by atoms with Crippen LogP contribution in [0.1, 0.15) is 32.9 Å². The maximum absolute atomic E-state index is 15.4. The smallest absolute Gasteiger partial charge is 0.414 e. The molecular formula is C33H33F3N8O5. The van der Waals surface area contributed by atoms with E-state index in [1.54, 1.807) is 37.9 Å². The largest absolute Gasteiger partial charge is 0.444 e. The minimum Gasteiger partial charge on any atom is -0.444 e. The highest BCUT2D eigenvalue weighted by molar-refractivity contribution is 5.90. The number of carbonyl (C=O) groups excluding carboxylic acids is 3. The van der Waals surface area contributed by atoms with Crippen molar-refractivity contribution in [2.45, 2.75) is 63.1 Å². The second-order valence-electron chi connectivity index (χ2n) is 13.9. The first-order valence-electron chi connectivity index (χ1n) is 15.9. The number of pyridine rings is 1. The Balaban J connectivity index is 1.02. The third-order valence-electron chi connectivity index (χ3n) is 9.59. The van der Waals surface area contributed by atoms with E-state index in [1.807, 2.05) is 0 Å². The van der Waals surface area contributed by atoms with Crippen molar-refractivity contribution in [2.75, 3.05) is 31.1 Å². The summed E-state index contributed by atoms with van der Waals surface area (Å²) in [7, 11) is 0. The third kappa shape index (κ3) is 5.70. The molecule has 49 heavy (non-hydrogen) atoms. The van der Waals surface area contributed by atoms with Crippen molar-refractivity contribution in [1.82, 2.24) is 29.8 Å². The number of fused-ring (bicyclic) bond motifs is 1. The Morgan fingerprint density at radius 3 is 2.43 bits per heavy atom. The average Bonchev–Trinajstić information content (AvgIpc) is 3.67. The Morgan fingerprint density at radius 1 is 1.12 bits per heavy atom. The molecule has 0 N–H and O–H groups in total. The van der Waals surface area contributed by atoms with Crippen molar-refractivity contribution in [1.29, 1.82) is 5.26 Å². The molecule has 1 unspecified atom stereocenters. The van der Waals surface area contributed by atoms with Crippen molar-refractivity contribution >= 4 is 23.8 Å². The molecule has 16 heteroatoms. The van der Waals surface area contributed by atoms with Gasteiger partial charge in [-0.3, -0.25) is 19.6 Å². The van der Waals surface area contributed by atoms with Crippen LogP contribution in [0.4, 0.5) is 28.4 Å². The number of nitrogens with zero attached hydrogens (tertiary/aromatic N) is 8. The maximum atomic E-state index is 15.4. The molecule has 3 saturated heterocycles. The molecule has 13 nitrogen and oxygen atoms in total. The van der Waals surface area contributed by atoms with E-state index in [-0.39, 0.29) is 67.8 Å². The summed E-state index contributed by atoms with van der Waals surface area (Å²) in [6.45, 7) is 5.58. The van der Waals surface area contributed by atoms with Crippen molar-refractivity contribution in [3.8, 4) is 17.2 Å². The second kappa shape index (κ2) is 11.7. The topological polar surface area (TPSA) is 147 Å². The van der Waals surface area contributed by atoms with E-state index in [9.17, 15) is 24.0 Å². The molecule has 1 saturated carbocycles. The van der Waals surface area contributed by atoms with Crippen LogP contribution >= 0.6 is 0 Å². The first-order chi connectivity index (χ1) is 23.3. The molecule has 3 amide bonds. The number of likely N-dealkylation sites (tertiary alicyclic amines) is 2. The summed E-state index contributed by atoms with van der Waals surface area (Å²) in [4.78, 5) is 46.9. The molecule has 5 heterocycles. The molecule has 4 aliphatic rings. The van der Waals surface area contributed by atoms with Gasteiger partial charge in [-0.1, -0.05) is 11.3 Å². The van der Waals surface area contributed by atoms with Gasteiger partial charge in [-0.2, -0.15) is 5.26 Å². The fourth-order valence-corrected chi connectivity index (χ4v) is 7.31. The minimum absolute atomic E-state index is 0.00313. The number of aromatic nitrogens is 4. The highest BCUT2D eigenvalue weighted by Gasteiger charge is 2.71. The average molecular weight is 679 g/mol. The normalized spacial score (nSPS) is 27.6. The standard InChI is InChI=1S/C33H33F3N8O5/c1-32(2,3)49-31(47)44-12-19(34)8-26(44)29(45)41-15-22-23(16-41)33(22,17-37)27-5-4-18(11-38-27)28-24(35)9-20(10-25(28)36)43-14-21(48-30(43)46)13-42-7-6-39-40-42/h4-7,9-11,19,21-23,26H,8,12-16H2,1-3H3/t19-,21+,22-,23+,26+,33?/m1/s1. The van der Waals surface area contributed by atoms with E-state index < -0.39 is 59.1 Å². The number of rotatable bonds is 6. The van der Waals surface area contributed by atoms with Gasteiger partial charge in [0.05, 0.1) is 48.8 Å². The minimum atomic E-state index is -1.36. The van der Waals surface area contributed by atoms with Gasteiger partial charge < -0.3 is 14.4 Å². The number of ether oxygens (including phenoxy) is 2. The molecule has 256 valence electrons. The molecule has 3 aromatic rings. The summed E-state index contributed by atoms with van der Waals surface area (Å²) in [6.07, 6.45) is 0.821. The molecule has 2 aromatic heterocycles. The Hall–Kier alpha value is -5.20. The SMILES string of the molecule is CC(C)(C)OC(=O)N1C[C@H](F)C[C@H]1C(=O)N1C[C@@H]2[C@H](C1)C2(C#N)c1ccc(-c2c(F)cc(N3C[C@H](Cn4ccnn4)OC3=O)cc2F)cn1. The molecule has 3 aliphatic heterocycles. The predicted molar refractivity (Wildman–Crippen MR) is 164 cm³/mol. The van der Waals surface area contributed by atoms with Crippen molar-refractivity contribution in [3.63, 3.8) is 0 Å². The van der Waals surface area contributed by atoms with E-state index in [0.29, 0.717) is 5.69 Å². The van der Waals surface area contributed by atoms with Crippen LogP contribution in [0.25, 0.3) is 11.1 Å². The van der Waals surface area contributed by atoms with Gasteiger partial charge in [0.15, 0.2) is 0 Å². The van der Waals surface area contributed by atoms with Gasteiger partial charge in [0, 0.05) is 49.3 Å². The van der Waals surface area contributed by atoms with Crippen LogP contribution < -0.4 is 4.90 Å². The molecule has 0 spiro atoms. The highest BCUT2D eigenvalue weighted by Crippen LogP contribution is 2.63. The van der Waals surface area contributed by atoms with E-state index >= 15 is 8.78 Å². The summed E-state index contributed by atoms with van der Waals surface area (Å²) < 4.78 is 57.4. The van der Waals surface area contributed by atoms with Crippen LogP contribution in [-0.2, 0) is 26.2 Å². The molecule has 1 aromatic carbocycles. The Labute approximate surface area is 279 Å². The molecule has 6 atom stereocenters. The molecule has 4 fully saturated rings. The number of alkyl halides is 1. The van der Waals surface area contributed by atoms with Crippen LogP contribution in [-0.4, -0.2) is 98.0 Å². The van der Waals surface area contributed by atoms with Crippen molar-refractivity contribution in [2.24, 2.45) is 11.8 Å². The number of anilines is 1. The van der Waals surface area contributed by atoms with E-state index in [4.69, 9.17) is 9.47 Å². The Morgan fingerprint density at radius 2 is 1.84 bits per heavy atom. The zero-order valence-electron chi connectivity index (χ0n) is 26.9. The maximum Gasteiger partial charge on any atom is 0.414 e. The lowest BCUT2D eigenvalue weighted by molar-refractivity contribution is -0.135. The Kier molecular flexibility index (Phi) is 7.75. The van der Waals surface area contributed by atoms with Gasteiger partial charge in [-0.15, -0.1) is 5.10 Å². The van der Waals surface area contributed by atoms with Gasteiger partial charge in [-0.05, 0) is 39.0 Å². The van der Waals surface area contributed by atoms with E-state index in [1.165, 1.54) is 23.1 Å². The summed E-state index contributed by atoms with van der Waals surface area (Å²) in [5, 5.41) is 17.8. The second-order valence-corrected chi connectivity index (χ2v) is 13.9. The molecule has 1 aliphatic carbocycles. The van der Waals surface area contributed by atoms with Gasteiger partial charge in [0.25, 0.3) is 0 Å². The quantitative estimate of drug-likeness (QED) is 0.380. The summed E-state index contributed by atoms with van der Waals surface area (Å²) in [6, 6.07) is 6.50. The molecule has 7 rings (SSSR count). The van der Waals surface area contributed by atoms with Gasteiger partial charge >= 0.3 is 12.2 Å². The summed E-state index contributed by atoms with van der Waals surface area (Å²) in [5.41, 5.74) is -1.60. The lowest BCUT2D eigenvalue weighted by Gasteiger charge is -2.31. The number of cyclic esters (lactones) is 1. The van der Waals surface area contributed by atoms with Crippen LogP contribution in [0, 0.1) is 34.8 Å². The van der Waals surface area contributed by atoms with Crippen LogP contribution in [0.15, 0.2) is 42.9 Å². The number of hydrogen-bond acceptors (Lipinski definition) is 9. The number of carbonyl (C=O) groups is 3. The molecule has 0 bridgehead atoms. The lowest BCUT2D eigenvalue weighted by atomic mass is 9.95. The fourth-order valence-electron chi connectivity index (χ4n) is 7.31. The monoisotopic (exact) mass is 678 g/mol. The lowest BCUT2D eigenvalue weighted by Crippen LogP contribution is -2.49. The number of hydrogen-bond donors (Lipinski definition) is 0. The zero-order valence-corrected chi connectivity index (χ0v) is 26.9. The fraction of sp³-hybridized carbons (Fsp3) is 0.485. The number of halogens is 3. The van der Waals surface area contributed by atoms with E-state index in [2.05, 4.69) is 21.4 Å². The van der Waals surface area contributed by atoms with Gasteiger partial charge in [0.2, 0.25) is 5.91 Å². The van der Waals surface area contributed by atoms with Crippen molar-refractivity contribution < 1.29 is 37.0 Å². The number of piperidine rings is 1.